The minimum atomic E-state index is -0.328. The Hall–Kier alpha value is -0.870. The van der Waals surface area contributed by atoms with Gasteiger partial charge in [-0.2, -0.15) is 0 Å². The summed E-state index contributed by atoms with van der Waals surface area (Å²) in [7, 11) is 0. The lowest BCUT2D eigenvalue weighted by Crippen LogP contribution is -2.37. The summed E-state index contributed by atoms with van der Waals surface area (Å²) in [6.45, 7) is 11.3. The van der Waals surface area contributed by atoms with Gasteiger partial charge in [0.1, 0.15) is 18.2 Å². The van der Waals surface area contributed by atoms with E-state index in [1.54, 1.807) is 12.1 Å². The zero-order valence-electron chi connectivity index (χ0n) is 11.0. The highest BCUT2D eigenvalue weighted by Gasteiger charge is 2.09. The van der Waals surface area contributed by atoms with Crippen molar-refractivity contribution in [1.82, 2.24) is 5.32 Å². The molecule has 0 amide bonds. The van der Waals surface area contributed by atoms with Crippen LogP contribution in [-0.2, 0) is 0 Å². The first-order valence-corrected chi connectivity index (χ1v) is 6.57. The third kappa shape index (κ3) is 5.65. The van der Waals surface area contributed by atoms with Gasteiger partial charge in [0.05, 0.1) is 4.47 Å². The summed E-state index contributed by atoms with van der Waals surface area (Å²) >= 11 is 3.10. The van der Waals surface area contributed by atoms with Gasteiger partial charge in [-0.05, 0) is 54.4 Å². The summed E-state index contributed by atoms with van der Waals surface area (Å²) in [4.78, 5) is 0. The van der Waals surface area contributed by atoms with Crippen LogP contribution in [0.5, 0.6) is 5.75 Å². The Morgan fingerprint density at radius 2 is 2.11 bits per heavy atom. The molecule has 0 bridgehead atoms. The fraction of sp³-hybridized carbons (Fsp3) is 0.429. The number of hydrogen-bond acceptors (Lipinski definition) is 2. The highest BCUT2D eigenvalue weighted by molar-refractivity contribution is 9.10. The van der Waals surface area contributed by atoms with E-state index in [4.69, 9.17) is 4.74 Å². The third-order valence-corrected chi connectivity index (χ3v) is 2.85. The largest absolute Gasteiger partial charge is 0.489 e. The van der Waals surface area contributed by atoms with Crippen molar-refractivity contribution in [2.45, 2.75) is 26.3 Å². The van der Waals surface area contributed by atoms with Crippen LogP contribution in [0.4, 0.5) is 4.39 Å². The standard InChI is InChI=1S/C14H19BrFNO/c1-10(8-17-14(2,3)4)9-18-11-5-6-12(15)13(16)7-11/h5-7,17H,1,8-9H2,2-4H3. The number of hydrogen-bond donors (Lipinski definition) is 1. The van der Waals surface area contributed by atoms with Crippen molar-refractivity contribution in [2.75, 3.05) is 13.2 Å². The Kier molecular flexibility index (Phi) is 5.35. The van der Waals surface area contributed by atoms with E-state index in [0.717, 1.165) is 5.57 Å². The van der Waals surface area contributed by atoms with E-state index in [2.05, 4.69) is 48.6 Å². The Labute approximate surface area is 116 Å². The summed E-state index contributed by atoms with van der Waals surface area (Å²) in [6, 6.07) is 4.70. The second kappa shape index (κ2) is 6.34. The van der Waals surface area contributed by atoms with Crippen molar-refractivity contribution in [2.24, 2.45) is 0 Å². The summed E-state index contributed by atoms with van der Waals surface area (Å²) in [6.07, 6.45) is 0. The highest BCUT2D eigenvalue weighted by atomic mass is 79.9. The third-order valence-electron chi connectivity index (χ3n) is 2.20. The zero-order valence-corrected chi connectivity index (χ0v) is 12.6. The lowest BCUT2D eigenvalue weighted by atomic mass is 10.1. The summed E-state index contributed by atoms with van der Waals surface area (Å²) in [5, 5.41) is 3.32. The average molecular weight is 316 g/mol. The fourth-order valence-electron chi connectivity index (χ4n) is 1.19. The van der Waals surface area contributed by atoms with E-state index >= 15 is 0 Å². The molecule has 0 aliphatic heterocycles. The molecule has 0 aliphatic rings. The summed E-state index contributed by atoms with van der Waals surface area (Å²) < 4.78 is 19.1. The van der Waals surface area contributed by atoms with Crippen LogP contribution in [0.2, 0.25) is 0 Å². The molecule has 0 aliphatic carbocycles. The predicted molar refractivity (Wildman–Crippen MR) is 76.5 cm³/mol. The zero-order chi connectivity index (χ0) is 13.8. The van der Waals surface area contributed by atoms with Crippen molar-refractivity contribution in [3.63, 3.8) is 0 Å². The van der Waals surface area contributed by atoms with E-state index in [-0.39, 0.29) is 11.4 Å². The van der Waals surface area contributed by atoms with Crippen molar-refractivity contribution < 1.29 is 9.13 Å². The van der Waals surface area contributed by atoms with Gasteiger partial charge >= 0.3 is 0 Å². The topological polar surface area (TPSA) is 21.3 Å². The molecule has 0 atom stereocenters. The molecule has 1 aromatic rings. The van der Waals surface area contributed by atoms with Crippen LogP contribution in [0.15, 0.2) is 34.8 Å². The fourth-order valence-corrected chi connectivity index (χ4v) is 1.44. The number of rotatable bonds is 5. The Balaban J connectivity index is 2.40. The smallest absolute Gasteiger partial charge is 0.141 e. The van der Waals surface area contributed by atoms with Crippen molar-refractivity contribution >= 4 is 15.9 Å². The van der Waals surface area contributed by atoms with Crippen LogP contribution in [0.1, 0.15) is 20.8 Å². The molecule has 0 radical (unpaired) electrons. The van der Waals surface area contributed by atoms with Crippen molar-refractivity contribution in [3.8, 4) is 5.75 Å². The molecule has 0 fully saturated rings. The molecule has 0 unspecified atom stereocenters. The van der Waals surface area contributed by atoms with Gasteiger partial charge in [0.25, 0.3) is 0 Å². The van der Waals surface area contributed by atoms with E-state index in [1.165, 1.54) is 6.07 Å². The number of benzene rings is 1. The molecule has 0 aromatic heterocycles. The van der Waals surface area contributed by atoms with Crippen LogP contribution in [-0.4, -0.2) is 18.7 Å². The Morgan fingerprint density at radius 3 is 2.67 bits per heavy atom. The molecular formula is C14H19BrFNO. The second-order valence-corrected chi connectivity index (χ2v) is 6.07. The molecule has 100 valence electrons. The molecule has 0 spiro atoms. The van der Waals surface area contributed by atoms with E-state index in [1.807, 2.05) is 0 Å². The van der Waals surface area contributed by atoms with Gasteiger partial charge in [0.15, 0.2) is 0 Å². The first-order valence-electron chi connectivity index (χ1n) is 5.77. The van der Waals surface area contributed by atoms with Crippen LogP contribution in [0.3, 0.4) is 0 Å². The summed E-state index contributed by atoms with van der Waals surface area (Å²) in [5.74, 6) is 0.179. The molecule has 18 heavy (non-hydrogen) atoms. The predicted octanol–water partition coefficient (Wildman–Crippen LogP) is 3.91. The van der Waals surface area contributed by atoms with Gasteiger partial charge in [0, 0.05) is 18.2 Å². The molecule has 0 saturated heterocycles. The molecular weight excluding hydrogens is 297 g/mol. The van der Waals surface area contributed by atoms with Crippen LogP contribution in [0, 0.1) is 5.82 Å². The average Bonchev–Trinajstić information content (AvgIpc) is 2.27. The molecule has 2 nitrogen and oxygen atoms in total. The van der Waals surface area contributed by atoms with Crippen molar-refractivity contribution in [3.05, 3.63) is 40.6 Å². The monoisotopic (exact) mass is 315 g/mol. The van der Waals surface area contributed by atoms with Gasteiger partial charge in [-0.25, -0.2) is 4.39 Å². The van der Waals surface area contributed by atoms with Crippen LogP contribution < -0.4 is 10.1 Å². The molecule has 0 saturated carbocycles. The van der Waals surface area contributed by atoms with Gasteiger partial charge in [-0.1, -0.05) is 6.58 Å². The maximum absolute atomic E-state index is 13.2. The van der Waals surface area contributed by atoms with E-state index in [0.29, 0.717) is 23.4 Å². The quantitative estimate of drug-likeness (QED) is 0.832. The van der Waals surface area contributed by atoms with Gasteiger partial charge < -0.3 is 10.1 Å². The number of ether oxygens (including phenoxy) is 1. The molecule has 0 heterocycles. The number of nitrogens with one attached hydrogen (secondary N) is 1. The van der Waals surface area contributed by atoms with E-state index < -0.39 is 0 Å². The maximum atomic E-state index is 13.2. The van der Waals surface area contributed by atoms with E-state index in [9.17, 15) is 4.39 Å². The van der Waals surface area contributed by atoms with Crippen molar-refractivity contribution in [1.29, 1.82) is 0 Å². The maximum Gasteiger partial charge on any atom is 0.141 e. The van der Waals surface area contributed by atoms with Gasteiger partial charge in [0.2, 0.25) is 0 Å². The van der Waals surface area contributed by atoms with Gasteiger partial charge in [-0.3, -0.25) is 0 Å². The number of halogens is 2. The minimum absolute atomic E-state index is 0.0483. The molecule has 4 heteroatoms. The lowest BCUT2D eigenvalue weighted by Gasteiger charge is -2.21. The Bertz CT molecular complexity index is 426. The normalized spacial score (nSPS) is 11.4. The summed E-state index contributed by atoms with van der Waals surface area (Å²) in [5.41, 5.74) is 0.973. The lowest BCUT2D eigenvalue weighted by molar-refractivity contribution is 0.339. The SMILES string of the molecule is C=C(CNC(C)(C)C)COc1ccc(Br)c(F)c1. The first-order chi connectivity index (χ1) is 8.28. The minimum Gasteiger partial charge on any atom is -0.489 e. The molecule has 1 aromatic carbocycles. The molecule has 1 rings (SSSR count). The highest BCUT2D eigenvalue weighted by Crippen LogP contribution is 2.21. The van der Waals surface area contributed by atoms with Gasteiger partial charge in [-0.15, -0.1) is 0 Å². The second-order valence-electron chi connectivity index (χ2n) is 5.22. The van der Waals surface area contributed by atoms with Crippen LogP contribution in [0.25, 0.3) is 0 Å². The molecule has 1 N–H and O–H groups in total. The first kappa shape index (κ1) is 15.2. The Morgan fingerprint density at radius 1 is 1.44 bits per heavy atom. The van der Waals surface area contributed by atoms with Crippen LogP contribution >= 0.6 is 15.9 Å².